The van der Waals surface area contributed by atoms with Crippen LogP contribution in [0.5, 0.6) is 0 Å². The van der Waals surface area contributed by atoms with Gasteiger partial charge in [0, 0.05) is 0 Å². The summed E-state index contributed by atoms with van der Waals surface area (Å²) in [7, 11) is 0. The number of hydrogen-bond acceptors (Lipinski definition) is 0. The largest absolute Gasteiger partial charge is 0.0985 e. The highest BCUT2D eigenvalue weighted by molar-refractivity contribution is 6.03. The molecule has 3 aromatic carbocycles. The number of rotatable bonds is 3. The maximum Gasteiger partial charge on any atom is -0.00992 e. The average Bonchev–Trinajstić information content (AvgIpc) is 2.57. The van der Waals surface area contributed by atoms with Crippen molar-refractivity contribution in [1.29, 1.82) is 0 Å². The van der Waals surface area contributed by atoms with Crippen LogP contribution < -0.4 is 0 Å². The molecule has 0 aromatic heterocycles. The number of hydrogen-bond donors (Lipinski definition) is 0. The zero-order chi connectivity index (χ0) is 14.7. The predicted molar refractivity (Wildman–Crippen MR) is 93.2 cm³/mol. The van der Waals surface area contributed by atoms with Crippen molar-refractivity contribution in [1.82, 2.24) is 0 Å². The first-order valence-corrected chi connectivity index (χ1v) is 7.21. The summed E-state index contributed by atoms with van der Waals surface area (Å²) in [5, 5.41) is 2.55. The summed E-state index contributed by atoms with van der Waals surface area (Å²) in [6.45, 7) is 5.98. The first-order chi connectivity index (χ1) is 10.3. The lowest BCUT2D eigenvalue weighted by molar-refractivity contribution is 1.61. The number of allylic oxidation sites excluding steroid dienone is 3. The monoisotopic (exact) mass is 270 g/mol. The minimum atomic E-state index is 1.17. The number of benzene rings is 3. The van der Waals surface area contributed by atoms with Gasteiger partial charge in [-0.15, -0.1) is 0 Å². The molecule has 0 bridgehead atoms. The summed E-state index contributed by atoms with van der Waals surface area (Å²) in [6, 6.07) is 23.5. The van der Waals surface area contributed by atoms with Gasteiger partial charge in [0.05, 0.1) is 0 Å². The van der Waals surface area contributed by atoms with Crippen molar-refractivity contribution in [3.63, 3.8) is 0 Å². The van der Waals surface area contributed by atoms with Crippen molar-refractivity contribution in [3.8, 4) is 11.1 Å². The Balaban J connectivity index is 2.32. The zero-order valence-corrected chi connectivity index (χ0v) is 12.2. The van der Waals surface area contributed by atoms with Gasteiger partial charge in [-0.3, -0.25) is 0 Å². The van der Waals surface area contributed by atoms with Gasteiger partial charge in [-0.05, 0) is 40.0 Å². The van der Waals surface area contributed by atoms with E-state index in [9.17, 15) is 0 Å². The van der Waals surface area contributed by atoms with Gasteiger partial charge in [-0.1, -0.05) is 85.5 Å². The van der Waals surface area contributed by atoms with Crippen molar-refractivity contribution in [3.05, 3.63) is 91.0 Å². The molecule has 0 aliphatic carbocycles. The third-order valence-corrected chi connectivity index (χ3v) is 3.85. The van der Waals surface area contributed by atoms with E-state index in [4.69, 9.17) is 0 Å². The second-order valence-corrected chi connectivity index (χ2v) is 5.02. The van der Waals surface area contributed by atoms with Crippen LogP contribution in [-0.2, 0) is 0 Å². The Bertz CT molecular complexity index is 808. The Hall–Kier alpha value is -2.60. The van der Waals surface area contributed by atoms with Gasteiger partial charge in [0.2, 0.25) is 0 Å². The summed E-state index contributed by atoms with van der Waals surface area (Å²) in [6.07, 6.45) is 4.03. The van der Waals surface area contributed by atoms with Crippen molar-refractivity contribution in [2.45, 2.75) is 6.92 Å². The highest BCUT2D eigenvalue weighted by Crippen LogP contribution is 2.33. The molecular formula is C21H18. The van der Waals surface area contributed by atoms with Crippen molar-refractivity contribution in [2.75, 3.05) is 0 Å². The van der Waals surface area contributed by atoms with E-state index in [1.54, 1.807) is 0 Å². The molecule has 0 N–H and O–H groups in total. The molecule has 0 unspecified atom stereocenters. The van der Waals surface area contributed by atoms with Gasteiger partial charge in [0.15, 0.2) is 0 Å². The fourth-order valence-corrected chi connectivity index (χ4v) is 2.80. The molecule has 3 aromatic rings. The molecule has 0 heterocycles. The Labute approximate surface area is 126 Å². The Morgan fingerprint density at radius 2 is 1.48 bits per heavy atom. The lowest BCUT2D eigenvalue weighted by atomic mass is 9.92. The molecule has 0 nitrogen and oxygen atoms in total. The molecule has 0 spiro atoms. The predicted octanol–water partition coefficient (Wildman–Crippen LogP) is 6.10. The molecule has 0 aliphatic heterocycles. The van der Waals surface area contributed by atoms with E-state index in [2.05, 4.69) is 86.3 Å². The van der Waals surface area contributed by atoms with E-state index in [0.717, 1.165) is 0 Å². The van der Waals surface area contributed by atoms with Crippen LogP contribution in [0.2, 0.25) is 0 Å². The summed E-state index contributed by atoms with van der Waals surface area (Å²) in [5.41, 5.74) is 4.93. The Kier molecular flexibility index (Phi) is 3.70. The molecule has 3 rings (SSSR count). The molecular weight excluding hydrogens is 252 g/mol. The van der Waals surface area contributed by atoms with Crippen molar-refractivity contribution in [2.24, 2.45) is 0 Å². The highest BCUT2D eigenvalue weighted by Gasteiger charge is 2.08. The van der Waals surface area contributed by atoms with Crippen molar-refractivity contribution < 1.29 is 0 Å². The molecule has 0 heteroatoms. The molecule has 21 heavy (non-hydrogen) atoms. The Morgan fingerprint density at radius 1 is 0.810 bits per heavy atom. The summed E-state index contributed by atoms with van der Waals surface area (Å²) >= 11 is 0. The number of fused-ring (bicyclic) bond motifs is 1. The quantitative estimate of drug-likeness (QED) is 0.505. The van der Waals surface area contributed by atoms with E-state index >= 15 is 0 Å². The first-order valence-electron chi connectivity index (χ1n) is 7.21. The highest BCUT2D eigenvalue weighted by atomic mass is 14.1. The average molecular weight is 270 g/mol. The van der Waals surface area contributed by atoms with E-state index in [-0.39, 0.29) is 0 Å². The summed E-state index contributed by atoms with van der Waals surface area (Å²) in [5.74, 6) is 0. The van der Waals surface area contributed by atoms with E-state index < -0.39 is 0 Å². The van der Waals surface area contributed by atoms with E-state index in [1.165, 1.54) is 33.0 Å². The lowest BCUT2D eigenvalue weighted by Crippen LogP contribution is -1.87. The molecule has 0 saturated carbocycles. The van der Waals surface area contributed by atoms with E-state index in [1.807, 2.05) is 6.08 Å². The lowest BCUT2D eigenvalue weighted by Gasteiger charge is -2.12. The normalized spacial score (nSPS) is 11.6. The molecule has 0 aliphatic rings. The van der Waals surface area contributed by atoms with Crippen LogP contribution in [-0.4, -0.2) is 0 Å². The minimum absolute atomic E-state index is 1.17. The van der Waals surface area contributed by atoms with Crippen LogP contribution in [0.1, 0.15) is 12.5 Å². The molecule has 0 atom stereocenters. The van der Waals surface area contributed by atoms with Crippen LogP contribution in [0.4, 0.5) is 0 Å². The van der Waals surface area contributed by atoms with Gasteiger partial charge in [0.1, 0.15) is 0 Å². The van der Waals surface area contributed by atoms with Gasteiger partial charge < -0.3 is 0 Å². The first kappa shape index (κ1) is 13.4. The SMILES string of the molecule is C=C/C(=C\C)c1ccc(-c2ccccc2)c2ccccc12. The van der Waals surface area contributed by atoms with Crippen LogP contribution in [0.15, 0.2) is 85.5 Å². The fourth-order valence-electron chi connectivity index (χ4n) is 2.80. The summed E-state index contributed by atoms with van der Waals surface area (Å²) in [4.78, 5) is 0. The maximum absolute atomic E-state index is 3.93. The molecule has 0 fully saturated rings. The zero-order valence-electron chi connectivity index (χ0n) is 12.2. The van der Waals surface area contributed by atoms with E-state index in [0.29, 0.717) is 0 Å². The van der Waals surface area contributed by atoms with Gasteiger partial charge in [-0.25, -0.2) is 0 Å². The Morgan fingerprint density at radius 3 is 2.14 bits per heavy atom. The van der Waals surface area contributed by atoms with Crippen LogP contribution in [0, 0.1) is 0 Å². The fraction of sp³-hybridized carbons (Fsp3) is 0.0476. The van der Waals surface area contributed by atoms with Crippen LogP contribution in [0.25, 0.3) is 27.5 Å². The molecule has 0 amide bonds. The maximum atomic E-state index is 3.93. The van der Waals surface area contributed by atoms with Crippen molar-refractivity contribution >= 4 is 16.3 Å². The molecule has 102 valence electrons. The second-order valence-electron chi connectivity index (χ2n) is 5.02. The molecule has 0 saturated heterocycles. The second kappa shape index (κ2) is 5.80. The smallest absolute Gasteiger partial charge is 0.00992 e. The van der Waals surface area contributed by atoms with Gasteiger partial charge >= 0.3 is 0 Å². The standard InChI is InChI=1S/C21H18/c1-3-16(4-2)18-14-15-19(17-10-6-5-7-11-17)21-13-9-8-12-20(18)21/h3-15H,1H2,2H3/b16-4+. The third kappa shape index (κ3) is 2.41. The topological polar surface area (TPSA) is 0 Å². The van der Waals surface area contributed by atoms with Crippen LogP contribution in [0.3, 0.4) is 0 Å². The van der Waals surface area contributed by atoms with Crippen LogP contribution >= 0.6 is 0 Å². The molecule has 0 radical (unpaired) electrons. The van der Waals surface area contributed by atoms with Gasteiger partial charge in [-0.2, -0.15) is 0 Å². The minimum Gasteiger partial charge on any atom is -0.0985 e. The summed E-state index contributed by atoms with van der Waals surface area (Å²) < 4.78 is 0. The van der Waals surface area contributed by atoms with Gasteiger partial charge in [0.25, 0.3) is 0 Å². The third-order valence-electron chi connectivity index (χ3n) is 3.85.